The summed E-state index contributed by atoms with van der Waals surface area (Å²) in [7, 11) is 1.80. The molecule has 72 valence electrons. The minimum Gasteiger partial charge on any atom is -0.372 e. The highest BCUT2D eigenvalue weighted by molar-refractivity contribution is 5.54. The van der Waals surface area contributed by atoms with Gasteiger partial charge in [-0.2, -0.15) is 5.26 Å². The number of aryl methyl sites for hydroxylation is 1. The van der Waals surface area contributed by atoms with Crippen molar-refractivity contribution >= 4 is 5.82 Å². The van der Waals surface area contributed by atoms with Crippen LogP contribution >= 0.6 is 0 Å². The van der Waals surface area contributed by atoms with Gasteiger partial charge in [-0.1, -0.05) is 0 Å². The van der Waals surface area contributed by atoms with Gasteiger partial charge in [0.2, 0.25) is 0 Å². The fourth-order valence-electron chi connectivity index (χ4n) is 1.67. The molecule has 0 bridgehead atoms. The van der Waals surface area contributed by atoms with Gasteiger partial charge < -0.3 is 5.32 Å². The van der Waals surface area contributed by atoms with Crippen LogP contribution in [0.1, 0.15) is 35.6 Å². The highest BCUT2D eigenvalue weighted by Crippen LogP contribution is 2.41. The van der Waals surface area contributed by atoms with Crippen LogP contribution in [-0.2, 0) is 0 Å². The first-order chi connectivity index (χ1) is 6.76. The molecule has 3 nitrogen and oxygen atoms in total. The molecule has 3 heteroatoms. The van der Waals surface area contributed by atoms with E-state index in [2.05, 4.69) is 16.4 Å². The van der Waals surface area contributed by atoms with E-state index in [1.807, 2.05) is 13.0 Å². The first kappa shape index (κ1) is 9.01. The smallest absolute Gasteiger partial charge is 0.143 e. The quantitative estimate of drug-likeness (QED) is 0.772. The second-order valence-electron chi connectivity index (χ2n) is 3.72. The van der Waals surface area contributed by atoms with Gasteiger partial charge in [0, 0.05) is 18.7 Å². The summed E-state index contributed by atoms with van der Waals surface area (Å²) < 4.78 is 0. The number of rotatable bonds is 2. The van der Waals surface area contributed by atoms with Crippen LogP contribution in [0.3, 0.4) is 0 Å². The number of hydrogen-bond donors (Lipinski definition) is 1. The fraction of sp³-hybridized carbons (Fsp3) is 0.455. The van der Waals surface area contributed by atoms with Crippen molar-refractivity contribution in [1.82, 2.24) is 4.98 Å². The zero-order valence-corrected chi connectivity index (χ0v) is 8.46. The molecule has 2 rings (SSSR count). The lowest BCUT2D eigenvalue weighted by atomic mass is 10.1. The predicted octanol–water partition coefficient (Wildman–Crippen LogP) is 2.18. The van der Waals surface area contributed by atoms with E-state index < -0.39 is 0 Å². The first-order valence-corrected chi connectivity index (χ1v) is 4.85. The summed E-state index contributed by atoms with van der Waals surface area (Å²) in [5.74, 6) is 1.34. The van der Waals surface area contributed by atoms with Crippen molar-refractivity contribution < 1.29 is 0 Å². The van der Waals surface area contributed by atoms with Gasteiger partial charge in [-0.15, -0.1) is 0 Å². The summed E-state index contributed by atoms with van der Waals surface area (Å²) in [6, 6.07) is 4.07. The SMILES string of the molecule is CNc1nc(C2CC2)c(C)cc1C#N. The Morgan fingerprint density at radius 2 is 2.29 bits per heavy atom. The summed E-state index contributed by atoms with van der Waals surface area (Å²) >= 11 is 0. The van der Waals surface area contributed by atoms with E-state index in [0.29, 0.717) is 17.3 Å². The van der Waals surface area contributed by atoms with Gasteiger partial charge in [-0.3, -0.25) is 0 Å². The highest BCUT2D eigenvalue weighted by Gasteiger charge is 2.27. The number of nitriles is 1. The molecule has 0 atom stereocenters. The maximum Gasteiger partial charge on any atom is 0.143 e. The van der Waals surface area contributed by atoms with E-state index in [1.54, 1.807) is 7.05 Å². The standard InChI is InChI=1S/C11H13N3/c1-7-5-9(6-12)11(13-2)14-10(7)8-3-4-8/h5,8H,3-4H2,1-2H3,(H,13,14). The van der Waals surface area contributed by atoms with Gasteiger partial charge in [0.05, 0.1) is 5.56 Å². The highest BCUT2D eigenvalue weighted by atomic mass is 15.0. The van der Waals surface area contributed by atoms with E-state index in [1.165, 1.54) is 12.8 Å². The lowest BCUT2D eigenvalue weighted by Crippen LogP contribution is -2.01. The Bertz CT molecular complexity index is 399. The van der Waals surface area contributed by atoms with Crippen LogP contribution in [0.2, 0.25) is 0 Å². The fourth-order valence-corrected chi connectivity index (χ4v) is 1.67. The van der Waals surface area contributed by atoms with Gasteiger partial charge in [0.1, 0.15) is 11.9 Å². The number of anilines is 1. The summed E-state index contributed by atoms with van der Waals surface area (Å²) in [5.41, 5.74) is 2.94. The van der Waals surface area contributed by atoms with Crippen LogP contribution in [0.4, 0.5) is 5.82 Å². The maximum absolute atomic E-state index is 8.89. The van der Waals surface area contributed by atoms with Crippen molar-refractivity contribution in [3.8, 4) is 6.07 Å². The van der Waals surface area contributed by atoms with E-state index in [4.69, 9.17) is 5.26 Å². The first-order valence-electron chi connectivity index (χ1n) is 4.85. The molecule has 1 fully saturated rings. The molecule has 0 unspecified atom stereocenters. The average molecular weight is 187 g/mol. The van der Waals surface area contributed by atoms with Crippen LogP contribution in [-0.4, -0.2) is 12.0 Å². The van der Waals surface area contributed by atoms with Crippen LogP contribution in [0.25, 0.3) is 0 Å². The van der Waals surface area contributed by atoms with Gasteiger partial charge in [-0.05, 0) is 31.4 Å². The van der Waals surface area contributed by atoms with Crippen LogP contribution in [0, 0.1) is 18.3 Å². The largest absolute Gasteiger partial charge is 0.372 e. The van der Waals surface area contributed by atoms with E-state index in [0.717, 1.165) is 11.3 Å². The molecule has 1 N–H and O–H groups in total. The Balaban J connectivity index is 2.49. The molecule has 0 aliphatic heterocycles. The molecular weight excluding hydrogens is 174 g/mol. The van der Waals surface area contributed by atoms with E-state index >= 15 is 0 Å². The Labute approximate surface area is 83.8 Å². The molecule has 0 amide bonds. The van der Waals surface area contributed by atoms with Gasteiger partial charge in [-0.25, -0.2) is 4.98 Å². The third-order valence-electron chi connectivity index (χ3n) is 2.57. The van der Waals surface area contributed by atoms with Crippen molar-refractivity contribution in [2.24, 2.45) is 0 Å². The monoisotopic (exact) mass is 187 g/mol. The van der Waals surface area contributed by atoms with E-state index in [9.17, 15) is 0 Å². The molecule has 0 spiro atoms. The van der Waals surface area contributed by atoms with Crippen molar-refractivity contribution in [3.63, 3.8) is 0 Å². The Morgan fingerprint density at radius 3 is 2.79 bits per heavy atom. The Kier molecular flexibility index (Phi) is 2.12. The van der Waals surface area contributed by atoms with Gasteiger partial charge >= 0.3 is 0 Å². The Hall–Kier alpha value is -1.56. The number of pyridine rings is 1. The summed E-state index contributed by atoms with van der Waals surface area (Å²) in [6.45, 7) is 2.03. The summed E-state index contributed by atoms with van der Waals surface area (Å²) in [4.78, 5) is 4.49. The molecule has 1 aliphatic rings. The van der Waals surface area contributed by atoms with E-state index in [-0.39, 0.29) is 0 Å². The van der Waals surface area contributed by atoms with Crippen LogP contribution < -0.4 is 5.32 Å². The molecule has 0 radical (unpaired) electrons. The molecule has 0 saturated heterocycles. The average Bonchev–Trinajstić information content (AvgIpc) is 3.01. The number of hydrogen-bond acceptors (Lipinski definition) is 3. The van der Waals surface area contributed by atoms with Gasteiger partial charge in [0.15, 0.2) is 0 Å². The minimum atomic E-state index is 0.634. The Morgan fingerprint density at radius 1 is 1.57 bits per heavy atom. The van der Waals surface area contributed by atoms with Gasteiger partial charge in [0.25, 0.3) is 0 Å². The second kappa shape index (κ2) is 3.30. The zero-order valence-electron chi connectivity index (χ0n) is 8.46. The summed E-state index contributed by atoms with van der Waals surface area (Å²) in [6.07, 6.45) is 2.48. The number of nitrogens with one attached hydrogen (secondary N) is 1. The molecule has 1 heterocycles. The molecule has 1 aromatic heterocycles. The summed E-state index contributed by atoms with van der Waals surface area (Å²) in [5, 5.41) is 11.9. The molecule has 1 aliphatic carbocycles. The molecule has 1 aromatic rings. The van der Waals surface area contributed by atoms with Crippen molar-refractivity contribution in [2.75, 3.05) is 12.4 Å². The van der Waals surface area contributed by atoms with Crippen LogP contribution in [0.5, 0.6) is 0 Å². The normalized spacial score (nSPS) is 14.9. The molecule has 1 saturated carbocycles. The molecule has 0 aromatic carbocycles. The molecule has 14 heavy (non-hydrogen) atoms. The number of nitrogens with zero attached hydrogens (tertiary/aromatic N) is 2. The zero-order chi connectivity index (χ0) is 10.1. The predicted molar refractivity (Wildman–Crippen MR) is 55.2 cm³/mol. The van der Waals surface area contributed by atoms with Crippen molar-refractivity contribution in [2.45, 2.75) is 25.7 Å². The minimum absolute atomic E-state index is 0.634. The lowest BCUT2D eigenvalue weighted by molar-refractivity contribution is 0.993. The maximum atomic E-state index is 8.89. The van der Waals surface area contributed by atoms with Crippen molar-refractivity contribution in [1.29, 1.82) is 5.26 Å². The topological polar surface area (TPSA) is 48.7 Å². The number of aromatic nitrogens is 1. The second-order valence-corrected chi connectivity index (χ2v) is 3.72. The van der Waals surface area contributed by atoms with Crippen LogP contribution in [0.15, 0.2) is 6.07 Å². The molecular formula is C11H13N3. The third-order valence-corrected chi connectivity index (χ3v) is 2.57. The lowest BCUT2D eigenvalue weighted by Gasteiger charge is -2.08. The van der Waals surface area contributed by atoms with Crippen molar-refractivity contribution in [3.05, 3.63) is 22.9 Å². The third kappa shape index (κ3) is 1.44.